The van der Waals surface area contributed by atoms with Crippen LogP contribution in [0.15, 0.2) is 17.3 Å². The third-order valence-electron chi connectivity index (χ3n) is 8.23. The number of amides is 2. The minimum Gasteiger partial charge on any atom is -0.389 e. The van der Waals surface area contributed by atoms with Gasteiger partial charge in [-0.1, -0.05) is 18.6 Å². The summed E-state index contributed by atoms with van der Waals surface area (Å²) in [5.74, 6) is -0.677. The van der Waals surface area contributed by atoms with E-state index in [-0.39, 0.29) is 41.1 Å². The van der Waals surface area contributed by atoms with Crippen molar-refractivity contribution in [1.29, 1.82) is 0 Å². The highest BCUT2D eigenvalue weighted by Crippen LogP contribution is 2.39. The van der Waals surface area contributed by atoms with Crippen molar-refractivity contribution in [3.05, 3.63) is 23.4 Å². The first-order chi connectivity index (χ1) is 18.7. The number of carbonyl (C=O) groups is 2. The van der Waals surface area contributed by atoms with Crippen molar-refractivity contribution in [2.45, 2.75) is 109 Å². The zero-order chi connectivity index (χ0) is 29.4. The Bertz CT molecular complexity index is 1160. The molecule has 2 bridgehead atoms. The fraction of sp³-hybridized carbons (Fsp3) is 0.679. The third kappa shape index (κ3) is 6.82. The van der Waals surface area contributed by atoms with Crippen LogP contribution < -0.4 is 10.6 Å². The van der Waals surface area contributed by atoms with E-state index in [1.807, 2.05) is 6.92 Å². The number of carbonyl (C=O) groups excluding carboxylic acids is 2. The van der Waals surface area contributed by atoms with Gasteiger partial charge in [0.25, 0.3) is 11.8 Å². The Morgan fingerprint density at radius 2 is 1.77 bits per heavy atom. The van der Waals surface area contributed by atoms with Gasteiger partial charge in [0, 0.05) is 36.4 Å². The Kier molecular flexibility index (Phi) is 8.89. The summed E-state index contributed by atoms with van der Waals surface area (Å²) in [4.78, 5) is 36.4. The number of rotatable bonds is 10. The Balaban J connectivity index is 1.67. The van der Waals surface area contributed by atoms with Gasteiger partial charge in [0.05, 0.1) is 21.7 Å². The van der Waals surface area contributed by atoms with E-state index in [1.165, 1.54) is 20.8 Å². The monoisotopic (exact) mass is 581 g/mol. The maximum atomic E-state index is 14.3. The van der Waals surface area contributed by atoms with E-state index < -0.39 is 40.8 Å². The maximum absolute atomic E-state index is 14.3. The van der Waals surface area contributed by atoms with Gasteiger partial charge in [0.15, 0.2) is 6.04 Å². The highest BCUT2D eigenvalue weighted by atomic mass is 32.1. The average Bonchev–Trinajstić information content (AvgIpc) is 3.43. The molecule has 3 aliphatic rings. The van der Waals surface area contributed by atoms with Gasteiger partial charge in [-0.15, -0.1) is 0 Å². The number of nitrogens with one attached hydrogen (secondary N) is 2. The van der Waals surface area contributed by atoms with Gasteiger partial charge in [-0.2, -0.15) is 13.2 Å². The number of aliphatic hydroxyl groups is 1. The van der Waals surface area contributed by atoms with Crippen LogP contribution in [0, 0.1) is 5.92 Å². The van der Waals surface area contributed by atoms with E-state index in [2.05, 4.69) is 20.6 Å². The molecule has 4 rings (SSSR count). The van der Waals surface area contributed by atoms with Crippen molar-refractivity contribution < 1.29 is 27.9 Å². The SMILES string of the molecule is CC(=NC(C(=O)N1C2CCC1CC2)C(=S)c1cnc(N[C@H](C)C2CCC2)cc1C(F)(F)F)C(=O)NCC(C)(C)O. The lowest BCUT2D eigenvalue weighted by Crippen LogP contribution is -2.46. The topological polar surface area (TPSA) is 107 Å². The minimum atomic E-state index is -4.76. The lowest BCUT2D eigenvalue weighted by Gasteiger charge is -2.32. The summed E-state index contributed by atoms with van der Waals surface area (Å²) in [6, 6.07) is -0.622. The lowest BCUT2D eigenvalue weighted by molar-refractivity contribution is -0.138. The molecule has 1 unspecified atom stereocenters. The van der Waals surface area contributed by atoms with Crippen LogP contribution in [0.3, 0.4) is 0 Å². The maximum Gasteiger partial charge on any atom is 0.417 e. The first-order valence-electron chi connectivity index (χ1n) is 13.9. The van der Waals surface area contributed by atoms with Crippen LogP contribution in [0.2, 0.25) is 0 Å². The molecule has 3 N–H and O–H groups in total. The summed E-state index contributed by atoms with van der Waals surface area (Å²) in [6.07, 6.45) is 2.71. The molecule has 2 saturated heterocycles. The van der Waals surface area contributed by atoms with Gasteiger partial charge >= 0.3 is 6.18 Å². The van der Waals surface area contributed by atoms with Crippen LogP contribution in [0.4, 0.5) is 19.0 Å². The molecule has 12 heteroatoms. The van der Waals surface area contributed by atoms with Crippen LogP contribution in [0.1, 0.15) is 83.8 Å². The van der Waals surface area contributed by atoms with Gasteiger partial charge < -0.3 is 20.6 Å². The van der Waals surface area contributed by atoms with E-state index in [0.717, 1.165) is 57.2 Å². The number of fused-ring (bicyclic) bond motifs is 2. The van der Waals surface area contributed by atoms with E-state index in [9.17, 15) is 27.9 Å². The minimum absolute atomic E-state index is 0.0119. The van der Waals surface area contributed by atoms with Crippen LogP contribution in [-0.4, -0.2) is 73.7 Å². The Morgan fingerprint density at radius 3 is 2.27 bits per heavy atom. The number of hydrogen-bond donors (Lipinski definition) is 3. The zero-order valence-electron chi connectivity index (χ0n) is 23.3. The highest BCUT2D eigenvalue weighted by Gasteiger charge is 2.46. The largest absolute Gasteiger partial charge is 0.417 e. The fourth-order valence-electron chi connectivity index (χ4n) is 5.72. The van der Waals surface area contributed by atoms with E-state index in [1.54, 1.807) is 4.90 Å². The normalized spacial score (nSPS) is 23.0. The summed E-state index contributed by atoms with van der Waals surface area (Å²) in [6.45, 7) is 6.26. The number of nitrogens with zero attached hydrogens (tertiary/aromatic N) is 3. The summed E-state index contributed by atoms with van der Waals surface area (Å²) in [7, 11) is 0. The highest BCUT2D eigenvalue weighted by molar-refractivity contribution is 7.81. The van der Waals surface area contributed by atoms with Gasteiger partial charge in [-0.3, -0.25) is 14.6 Å². The molecule has 40 heavy (non-hydrogen) atoms. The number of aliphatic imine (C=N–C) groups is 1. The molecule has 1 saturated carbocycles. The van der Waals surface area contributed by atoms with Crippen molar-refractivity contribution in [3.63, 3.8) is 0 Å². The number of aromatic nitrogens is 1. The van der Waals surface area contributed by atoms with Crippen molar-refractivity contribution in [2.24, 2.45) is 10.9 Å². The van der Waals surface area contributed by atoms with Crippen molar-refractivity contribution in [2.75, 3.05) is 11.9 Å². The molecular weight excluding hydrogens is 543 g/mol. The van der Waals surface area contributed by atoms with Crippen LogP contribution in [-0.2, 0) is 15.8 Å². The smallest absolute Gasteiger partial charge is 0.389 e. The first-order valence-corrected chi connectivity index (χ1v) is 14.3. The molecule has 8 nitrogen and oxygen atoms in total. The van der Waals surface area contributed by atoms with Gasteiger partial charge in [-0.05, 0) is 78.2 Å². The summed E-state index contributed by atoms with van der Waals surface area (Å²) >= 11 is 5.55. The van der Waals surface area contributed by atoms with E-state index in [4.69, 9.17) is 12.2 Å². The molecule has 1 aromatic rings. The zero-order valence-corrected chi connectivity index (χ0v) is 24.2. The molecule has 0 spiro atoms. The molecule has 1 aromatic heterocycles. The van der Waals surface area contributed by atoms with Crippen LogP contribution in [0.25, 0.3) is 0 Å². The Labute approximate surface area is 238 Å². The quantitative estimate of drug-likeness (QED) is 0.216. The molecule has 1 aliphatic carbocycles. The second kappa shape index (κ2) is 11.7. The lowest BCUT2D eigenvalue weighted by atomic mass is 9.80. The number of pyridine rings is 1. The Hall–Kier alpha value is -2.60. The van der Waals surface area contributed by atoms with Gasteiger partial charge in [0.1, 0.15) is 5.82 Å². The molecule has 0 aromatic carbocycles. The summed E-state index contributed by atoms with van der Waals surface area (Å²) in [5.41, 5.74) is -2.71. The van der Waals surface area contributed by atoms with E-state index in [0.29, 0.717) is 5.92 Å². The predicted molar refractivity (Wildman–Crippen MR) is 150 cm³/mol. The predicted octanol–water partition coefficient (Wildman–Crippen LogP) is 4.29. The van der Waals surface area contributed by atoms with E-state index >= 15 is 0 Å². The molecular formula is C28H38F3N5O3S. The number of hydrogen-bond acceptors (Lipinski definition) is 7. The fourth-order valence-corrected chi connectivity index (χ4v) is 6.04. The first kappa shape index (κ1) is 30.4. The van der Waals surface area contributed by atoms with Gasteiger partial charge in [0.2, 0.25) is 0 Å². The van der Waals surface area contributed by atoms with Crippen LogP contribution >= 0.6 is 12.2 Å². The molecule has 0 radical (unpaired) electrons. The molecule has 2 aliphatic heterocycles. The third-order valence-corrected chi connectivity index (χ3v) is 8.67. The molecule has 3 heterocycles. The summed E-state index contributed by atoms with van der Waals surface area (Å²) < 4.78 is 43.0. The molecule has 2 atom stereocenters. The van der Waals surface area contributed by atoms with Crippen LogP contribution in [0.5, 0.6) is 0 Å². The number of thiocarbonyl (C=S) groups is 1. The molecule has 2 amide bonds. The second-order valence-corrected chi connectivity index (χ2v) is 12.4. The van der Waals surface area contributed by atoms with Gasteiger partial charge in [-0.25, -0.2) is 4.98 Å². The second-order valence-electron chi connectivity index (χ2n) is 11.9. The molecule has 220 valence electrons. The molecule has 3 fully saturated rings. The number of halogens is 3. The number of alkyl halides is 3. The number of anilines is 1. The van der Waals surface area contributed by atoms with Crippen molar-refractivity contribution in [3.8, 4) is 0 Å². The standard InChI is InChI=1S/C28H38F3N5O3S/c1-15(17-6-5-7-17)34-22-12-21(28(29,30)31)20(13-32-22)24(40)23(26(38)36-18-8-9-19(36)11-10-18)35-16(2)25(37)33-14-27(3,4)39/h12-13,15,17-19,23,39H,5-11,14H2,1-4H3,(H,32,34)(H,33,37)/t15-,18?,19?,23?/m1/s1. The Morgan fingerprint density at radius 1 is 1.18 bits per heavy atom. The average molecular weight is 582 g/mol. The van der Waals surface area contributed by atoms with Crippen molar-refractivity contribution >= 4 is 40.4 Å². The summed E-state index contributed by atoms with van der Waals surface area (Å²) in [5, 5.41) is 15.6. The van der Waals surface area contributed by atoms with Crippen molar-refractivity contribution in [1.82, 2.24) is 15.2 Å².